The first-order valence-electron chi connectivity index (χ1n) is 7.93. The van der Waals surface area contributed by atoms with E-state index in [-0.39, 0.29) is 11.7 Å². The Bertz CT molecular complexity index is 682. The minimum absolute atomic E-state index is 0.0190. The number of aromatic nitrogens is 2. The molecule has 0 N–H and O–H groups in total. The Hall–Kier alpha value is -2.10. The highest BCUT2D eigenvalue weighted by Crippen LogP contribution is 2.19. The fourth-order valence-corrected chi connectivity index (χ4v) is 1.76. The predicted octanol–water partition coefficient (Wildman–Crippen LogP) is 2.67. The second-order valence-electron chi connectivity index (χ2n) is 3.76. The summed E-state index contributed by atoms with van der Waals surface area (Å²) in [6.45, 7) is -4.31. The van der Waals surface area contributed by atoms with Crippen LogP contribution in [0.2, 0.25) is 0 Å². The van der Waals surface area contributed by atoms with Crippen molar-refractivity contribution in [1.82, 2.24) is 9.55 Å². The molecule has 2 rings (SSSR count). The molecule has 4 nitrogen and oxygen atoms in total. The molecule has 4 heteroatoms. The number of carbonyl (C=O) groups excluding carboxylic acids is 1. The van der Waals surface area contributed by atoms with Crippen LogP contribution in [0.1, 0.15) is 42.7 Å². The smallest absolute Gasteiger partial charge is 0.356 e. The average molecular weight is 249 g/mol. The van der Waals surface area contributed by atoms with Crippen molar-refractivity contribution in [3.8, 4) is 0 Å². The third kappa shape index (κ3) is 2.42. The van der Waals surface area contributed by atoms with Gasteiger partial charge in [-0.1, -0.05) is 30.3 Å². The molecule has 0 radical (unpaired) electrons. The zero-order chi connectivity index (χ0) is 17.3. The molecule has 1 atom stereocenters. The molecule has 0 bridgehead atoms. The average Bonchev–Trinajstić information content (AvgIpc) is 2.95. The number of ether oxygens (including phenoxy) is 1. The van der Waals surface area contributed by atoms with Crippen LogP contribution in [0.15, 0.2) is 42.9 Å². The number of esters is 1. The van der Waals surface area contributed by atoms with E-state index in [0.717, 1.165) is 5.56 Å². The monoisotopic (exact) mass is 249 g/mol. The molecule has 2 aromatic rings. The quantitative estimate of drug-likeness (QED) is 0.782. The molecule has 0 fully saturated rings. The normalized spacial score (nSPS) is 17.7. The van der Waals surface area contributed by atoms with E-state index in [1.807, 2.05) is 37.3 Å². The van der Waals surface area contributed by atoms with Gasteiger partial charge in [-0.2, -0.15) is 0 Å². The van der Waals surface area contributed by atoms with Gasteiger partial charge in [0.2, 0.25) is 0 Å². The number of nitrogens with zero attached hydrogens (tertiary/aromatic N) is 2. The van der Waals surface area contributed by atoms with Gasteiger partial charge in [-0.3, -0.25) is 0 Å². The number of hydrogen-bond acceptors (Lipinski definition) is 3. The van der Waals surface area contributed by atoms with E-state index in [2.05, 4.69) is 9.72 Å². The van der Waals surface area contributed by atoms with Gasteiger partial charge >= 0.3 is 5.97 Å². The van der Waals surface area contributed by atoms with Crippen molar-refractivity contribution < 1.29 is 16.4 Å². The molecule has 0 saturated heterocycles. The zero-order valence-electron chi connectivity index (χ0n) is 14.8. The summed E-state index contributed by atoms with van der Waals surface area (Å²) in [5.74, 6) is -1.08. The summed E-state index contributed by atoms with van der Waals surface area (Å²) in [7, 11) is 0. The lowest BCUT2D eigenvalue weighted by Crippen LogP contribution is -2.15. The van der Waals surface area contributed by atoms with Crippen molar-refractivity contribution in [3.05, 3.63) is 54.1 Å². The van der Waals surface area contributed by atoms with Gasteiger partial charge in [0.15, 0.2) is 0 Å². The summed E-state index contributed by atoms with van der Waals surface area (Å²) in [4.78, 5) is 16.0. The third-order valence-electron chi connectivity index (χ3n) is 2.72. The summed E-state index contributed by atoms with van der Waals surface area (Å²) in [6.07, 6.45) is 2.64. The molecular formula is C14H16N2O2. The molecule has 0 spiro atoms. The molecule has 0 unspecified atom stereocenters. The maximum absolute atomic E-state index is 12.2. The van der Waals surface area contributed by atoms with Gasteiger partial charge in [-0.15, -0.1) is 0 Å². The Balaban J connectivity index is 2.26. The summed E-state index contributed by atoms with van der Waals surface area (Å²) < 4.78 is 42.1. The Morgan fingerprint density at radius 2 is 2.33 bits per heavy atom. The van der Waals surface area contributed by atoms with Crippen molar-refractivity contribution >= 4 is 5.97 Å². The third-order valence-corrected chi connectivity index (χ3v) is 2.72. The Kier molecular flexibility index (Phi) is 2.24. The van der Waals surface area contributed by atoms with Crippen LogP contribution in [0.3, 0.4) is 0 Å². The Morgan fingerprint density at radius 3 is 3.06 bits per heavy atom. The highest BCUT2D eigenvalue weighted by atomic mass is 16.5. The minimum Gasteiger partial charge on any atom is -0.461 e. The maximum Gasteiger partial charge on any atom is 0.356 e. The first-order valence-corrected chi connectivity index (χ1v) is 5.43. The molecule has 18 heavy (non-hydrogen) atoms. The van der Waals surface area contributed by atoms with Crippen molar-refractivity contribution in [1.29, 1.82) is 0 Å². The van der Waals surface area contributed by atoms with Gasteiger partial charge in [0.05, 0.1) is 27.9 Å². The lowest BCUT2D eigenvalue weighted by molar-refractivity contribution is 0.0512. The second-order valence-corrected chi connectivity index (χ2v) is 3.76. The van der Waals surface area contributed by atoms with Crippen LogP contribution < -0.4 is 0 Å². The summed E-state index contributed by atoms with van der Waals surface area (Å²) in [5, 5.41) is 0. The van der Waals surface area contributed by atoms with Crippen LogP contribution in [0, 0.1) is 0 Å². The minimum atomic E-state index is -3.07. The first kappa shape index (κ1) is 7.36. The van der Waals surface area contributed by atoms with Crippen LogP contribution in [-0.4, -0.2) is 22.1 Å². The van der Waals surface area contributed by atoms with Gasteiger partial charge in [0, 0.05) is 4.11 Å². The standard InChI is InChI=1S/C14H16N2O2/c1-3-18-14(17)13-9-15-10-16(13)11(2)12-7-5-4-6-8-12/h4-11H,3H2,1-2H3/t11-/m1/s1/i1D3,3D2. The van der Waals surface area contributed by atoms with Gasteiger partial charge in [0.1, 0.15) is 5.69 Å². The summed E-state index contributed by atoms with van der Waals surface area (Å²) in [6, 6.07) is 9.08. The predicted molar refractivity (Wildman–Crippen MR) is 68.4 cm³/mol. The number of imidazole rings is 1. The number of benzene rings is 1. The molecule has 1 aromatic heterocycles. The molecule has 0 aliphatic carbocycles. The van der Waals surface area contributed by atoms with E-state index in [9.17, 15) is 4.79 Å². The van der Waals surface area contributed by atoms with Gasteiger partial charge in [-0.25, -0.2) is 9.78 Å². The lowest BCUT2D eigenvalue weighted by atomic mass is 10.1. The first-order chi connectivity index (χ1) is 10.6. The van der Waals surface area contributed by atoms with E-state index in [1.165, 1.54) is 17.1 Å². The highest BCUT2D eigenvalue weighted by Gasteiger charge is 2.17. The van der Waals surface area contributed by atoms with E-state index in [0.29, 0.717) is 0 Å². The molecular weight excluding hydrogens is 228 g/mol. The van der Waals surface area contributed by atoms with Crippen molar-refractivity contribution in [2.45, 2.75) is 19.8 Å². The largest absolute Gasteiger partial charge is 0.461 e. The number of rotatable bonds is 4. The molecule has 0 saturated carbocycles. The molecule has 0 amide bonds. The van der Waals surface area contributed by atoms with Crippen LogP contribution in [0.4, 0.5) is 0 Å². The Morgan fingerprint density at radius 1 is 1.56 bits per heavy atom. The van der Waals surface area contributed by atoms with E-state index in [1.54, 1.807) is 0 Å². The number of hydrogen-bond donors (Lipinski definition) is 0. The molecule has 1 aromatic carbocycles. The molecule has 1 heterocycles. The van der Waals surface area contributed by atoms with Crippen LogP contribution in [0.25, 0.3) is 0 Å². The van der Waals surface area contributed by atoms with Gasteiger partial charge in [-0.05, 0) is 19.3 Å². The van der Waals surface area contributed by atoms with Crippen molar-refractivity contribution in [2.75, 3.05) is 6.56 Å². The number of carbonyl (C=O) groups is 1. The Labute approximate surface area is 113 Å². The van der Waals surface area contributed by atoms with E-state index in [4.69, 9.17) is 6.85 Å². The maximum atomic E-state index is 12.2. The van der Waals surface area contributed by atoms with Crippen LogP contribution in [0.5, 0.6) is 0 Å². The summed E-state index contributed by atoms with van der Waals surface area (Å²) >= 11 is 0. The SMILES string of the molecule is [2H]C([2H])([2H])C([2H])([2H])OC(=O)c1cncn1[C@H](C)c1ccccc1. The van der Waals surface area contributed by atoms with E-state index < -0.39 is 19.4 Å². The van der Waals surface area contributed by atoms with Crippen molar-refractivity contribution in [2.24, 2.45) is 0 Å². The van der Waals surface area contributed by atoms with Crippen LogP contribution >= 0.6 is 0 Å². The fraction of sp³-hybridized carbons (Fsp3) is 0.286. The second kappa shape index (κ2) is 5.49. The van der Waals surface area contributed by atoms with Crippen molar-refractivity contribution in [3.63, 3.8) is 0 Å². The molecule has 0 aliphatic heterocycles. The lowest BCUT2D eigenvalue weighted by Gasteiger charge is -2.16. The molecule has 0 aliphatic rings. The van der Waals surface area contributed by atoms with Crippen LogP contribution in [-0.2, 0) is 4.74 Å². The summed E-state index contributed by atoms with van der Waals surface area (Å²) in [5.41, 5.74) is 0.896. The fourth-order valence-electron chi connectivity index (χ4n) is 1.76. The highest BCUT2D eigenvalue weighted by molar-refractivity contribution is 5.87. The van der Waals surface area contributed by atoms with Gasteiger partial charge < -0.3 is 9.30 Å². The topological polar surface area (TPSA) is 44.1 Å². The zero-order valence-corrected chi connectivity index (χ0v) is 9.83. The molecule has 94 valence electrons. The van der Waals surface area contributed by atoms with Gasteiger partial charge in [0.25, 0.3) is 0 Å². The van der Waals surface area contributed by atoms with E-state index >= 15 is 0 Å².